The Labute approximate surface area is 454 Å². The van der Waals surface area contributed by atoms with E-state index in [0.29, 0.717) is 19.3 Å². The fraction of sp³-hybridized carbons (Fsp3) is 0.921. The highest BCUT2D eigenvalue weighted by Crippen LogP contribution is 2.24. The van der Waals surface area contributed by atoms with Crippen LogP contribution in [0.15, 0.2) is 24.3 Å². The molecule has 0 aromatic carbocycles. The third kappa shape index (κ3) is 39.9. The van der Waals surface area contributed by atoms with E-state index in [2.05, 4.69) is 43.5 Å². The predicted octanol–water partition coefficient (Wildman–Crippen LogP) is 14.1. The van der Waals surface area contributed by atoms with Crippen LogP contribution in [0.1, 0.15) is 303 Å². The summed E-state index contributed by atoms with van der Waals surface area (Å²) in [7, 11) is 0. The third-order valence-electron chi connectivity index (χ3n) is 15.5. The molecule has 0 aromatic rings. The topological polar surface area (TPSA) is 189 Å². The molecular weight excluding hydrogens is 931 g/mol. The van der Waals surface area contributed by atoms with Gasteiger partial charge in [-0.05, 0) is 44.9 Å². The second-order valence-electron chi connectivity index (χ2n) is 22.5. The summed E-state index contributed by atoms with van der Waals surface area (Å²) in [4.78, 5) is 13.2. The fourth-order valence-electron chi connectivity index (χ4n) is 10.4. The van der Waals surface area contributed by atoms with E-state index in [1.165, 1.54) is 199 Å². The number of carbonyl (C=O) groups is 1. The first-order valence-electron chi connectivity index (χ1n) is 31.7. The molecule has 1 aliphatic rings. The van der Waals surface area contributed by atoms with Gasteiger partial charge in [-0.1, -0.05) is 282 Å². The van der Waals surface area contributed by atoms with Crippen LogP contribution in [0.2, 0.25) is 0 Å². The van der Waals surface area contributed by atoms with E-state index in [0.717, 1.165) is 64.2 Å². The van der Waals surface area contributed by atoms with E-state index < -0.39 is 74.2 Å². The smallest absolute Gasteiger partial charge is 0.249 e. The summed E-state index contributed by atoms with van der Waals surface area (Å²) in [5, 5.41) is 76.3. The van der Waals surface area contributed by atoms with Crippen LogP contribution in [0.3, 0.4) is 0 Å². The first-order chi connectivity index (χ1) is 36.2. The van der Waals surface area contributed by atoms with E-state index in [9.17, 15) is 40.5 Å². The summed E-state index contributed by atoms with van der Waals surface area (Å²) in [6, 6.07) is -1.17. The summed E-state index contributed by atoms with van der Waals surface area (Å²) in [6.07, 6.45) is 52.3. The van der Waals surface area contributed by atoms with Crippen molar-refractivity contribution in [3.63, 3.8) is 0 Å². The first-order valence-corrected chi connectivity index (χ1v) is 31.7. The fourth-order valence-corrected chi connectivity index (χ4v) is 10.4. The molecule has 0 radical (unpaired) electrons. The van der Waals surface area contributed by atoms with Crippen LogP contribution in [0.4, 0.5) is 0 Å². The van der Waals surface area contributed by atoms with Gasteiger partial charge < -0.3 is 50.5 Å². The molecule has 8 N–H and O–H groups in total. The molecule has 0 bridgehead atoms. The quantitative estimate of drug-likeness (QED) is 0.0215. The molecule has 0 saturated carbocycles. The molecule has 1 amide bonds. The highest BCUT2D eigenvalue weighted by Gasteiger charge is 2.44. The van der Waals surface area contributed by atoms with Crippen molar-refractivity contribution in [2.75, 3.05) is 13.2 Å². The minimum Gasteiger partial charge on any atom is -0.394 e. The van der Waals surface area contributed by atoms with Crippen LogP contribution in [0.25, 0.3) is 0 Å². The van der Waals surface area contributed by atoms with Gasteiger partial charge in [-0.15, -0.1) is 0 Å². The number of carbonyl (C=O) groups excluding carboxylic acids is 1. The van der Waals surface area contributed by atoms with Crippen molar-refractivity contribution in [3.8, 4) is 0 Å². The molecule has 1 heterocycles. The normalized spacial score (nSPS) is 19.9. The minimum atomic E-state index is -1.66. The number of hydrogen-bond donors (Lipinski definition) is 8. The Kier molecular flexibility index (Phi) is 49.9. The Hall–Kier alpha value is -1.41. The van der Waals surface area contributed by atoms with E-state index >= 15 is 0 Å². The number of hydrogen-bond acceptors (Lipinski definition) is 10. The van der Waals surface area contributed by atoms with E-state index in [1.54, 1.807) is 0 Å². The second-order valence-corrected chi connectivity index (χ2v) is 22.5. The number of rotatable bonds is 55. The van der Waals surface area contributed by atoms with Crippen LogP contribution >= 0.6 is 0 Å². The van der Waals surface area contributed by atoms with Crippen molar-refractivity contribution < 1.29 is 50.0 Å². The first kappa shape index (κ1) is 70.6. The van der Waals surface area contributed by atoms with Crippen molar-refractivity contribution >= 4 is 5.91 Å². The highest BCUT2D eigenvalue weighted by atomic mass is 16.7. The lowest BCUT2D eigenvalue weighted by molar-refractivity contribution is -0.303. The predicted molar refractivity (Wildman–Crippen MR) is 307 cm³/mol. The lowest BCUT2D eigenvalue weighted by Crippen LogP contribution is -2.60. The number of allylic oxidation sites excluding steroid dienone is 4. The van der Waals surface area contributed by atoms with Crippen LogP contribution in [-0.4, -0.2) is 110 Å². The van der Waals surface area contributed by atoms with Crippen molar-refractivity contribution in [3.05, 3.63) is 24.3 Å². The molecular formula is C63H121NO10. The molecule has 0 spiro atoms. The maximum Gasteiger partial charge on any atom is 0.249 e. The highest BCUT2D eigenvalue weighted by molar-refractivity contribution is 5.80. The van der Waals surface area contributed by atoms with Crippen molar-refractivity contribution in [2.45, 2.75) is 358 Å². The Morgan fingerprint density at radius 1 is 0.473 bits per heavy atom. The molecule has 1 fully saturated rings. The molecule has 0 aliphatic carbocycles. The molecule has 1 saturated heterocycles. The lowest BCUT2D eigenvalue weighted by Gasteiger charge is -2.40. The second kappa shape index (κ2) is 52.3. The Bertz CT molecular complexity index is 1250. The number of nitrogens with one attached hydrogen (secondary N) is 1. The molecule has 11 heteroatoms. The zero-order valence-corrected chi connectivity index (χ0v) is 48.1. The van der Waals surface area contributed by atoms with Crippen LogP contribution in [-0.2, 0) is 14.3 Å². The Morgan fingerprint density at radius 3 is 1.20 bits per heavy atom. The van der Waals surface area contributed by atoms with Gasteiger partial charge in [0.2, 0.25) is 5.91 Å². The number of unbranched alkanes of at least 4 members (excludes halogenated alkanes) is 39. The molecule has 9 atom stereocenters. The molecule has 11 nitrogen and oxygen atoms in total. The van der Waals surface area contributed by atoms with Crippen molar-refractivity contribution in [1.29, 1.82) is 0 Å². The maximum atomic E-state index is 13.2. The van der Waals surface area contributed by atoms with Crippen molar-refractivity contribution in [1.82, 2.24) is 5.32 Å². The zero-order chi connectivity index (χ0) is 54.0. The van der Waals surface area contributed by atoms with Crippen molar-refractivity contribution in [2.24, 2.45) is 0 Å². The molecule has 1 aliphatic heterocycles. The third-order valence-corrected chi connectivity index (χ3v) is 15.5. The van der Waals surface area contributed by atoms with Gasteiger partial charge in [-0.25, -0.2) is 0 Å². The van der Waals surface area contributed by atoms with Gasteiger partial charge >= 0.3 is 0 Å². The molecule has 438 valence electrons. The van der Waals surface area contributed by atoms with Gasteiger partial charge in [0.1, 0.15) is 36.6 Å². The number of amides is 1. The summed E-state index contributed by atoms with van der Waals surface area (Å²) < 4.78 is 11.2. The summed E-state index contributed by atoms with van der Waals surface area (Å²) in [5.41, 5.74) is 0. The molecule has 0 aromatic heterocycles. The Morgan fingerprint density at radius 2 is 0.824 bits per heavy atom. The van der Waals surface area contributed by atoms with E-state index in [-0.39, 0.29) is 6.42 Å². The maximum absolute atomic E-state index is 13.2. The van der Waals surface area contributed by atoms with Gasteiger partial charge in [0.15, 0.2) is 6.29 Å². The standard InChI is InChI=1S/C63H121NO10/c1-3-5-7-9-11-13-15-17-19-21-23-25-27-28-29-31-32-34-36-38-40-42-44-46-48-50-55(66)58(68)54(53-73-63-61(71)60(70)59(69)57(52-65)74-63)64-62(72)56(67)51-49-47-45-43-41-39-37-35-33-30-26-24-22-20-18-16-14-12-10-8-6-4-2/h24,26,33,35,54-61,63,65-71H,3-23,25,27-32,34,36-53H2,1-2H3,(H,64,72)/b26-24-,35-33-. The van der Waals surface area contributed by atoms with Gasteiger partial charge in [0.05, 0.1) is 25.4 Å². The SMILES string of the molecule is CCCCCCCCCCC/C=C\C/C=C\CCCCCCCCC(O)C(=O)NC(COC1OC(CO)C(O)C(O)C1O)C(O)C(O)CCCCCCCCCCCCCCCCCCCCCCCCCCC. The minimum absolute atomic E-state index is 0.250. The molecule has 9 unspecified atom stereocenters. The van der Waals surface area contributed by atoms with Gasteiger partial charge in [0, 0.05) is 0 Å². The van der Waals surface area contributed by atoms with Crippen LogP contribution < -0.4 is 5.32 Å². The number of ether oxygens (including phenoxy) is 2. The van der Waals surface area contributed by atoms with E-state index in [4.69, 9.17) is 9.47 Å². The largest absolute Gasteiger partial charge is 0.394 e. The average Bonchev–Trinajstić information content (AvgIpc) is 3.40. The van der Waals surface area contributed by atoms with Gasteiger partial charge in [-0.3, -0.25) is 4.79 Å². The lowest BCUT2D eigenvalue weighted by atomic mass is 9.98. The van der Waals surface area contributed by atoms with Gasteiger partial charge in [-0.2, -0.15) is 0 Å². The summed E-state index contributed by atoms with van der Waals surface area (Å²) in [6.45, 7) is 3.49. The van der Waals surface area contributed by atoms with E-state index in [1.807, 2.05) is 0 Å². The molecule has 74 heavy (non-hydrogen) atoms. The number of aliphatic hydroxyl groups excluding tert-OH is 7. The monoisotopic (exact) mass is 1050 g/mol. The Balaban J connectivity index is 2.27. The van der Waals surface area contributed by atoms with Crippen LogP contribution in [0.5, 0.6) is 0 Å². The van der Waals surface area contributed by atoms with Crippen LogP contribution in [0, 0.1) is 0 Å². The van der Waals surface area contributed by atoms with Gasteiger partial charge in [0.25, 0.3) is 0 Å². The molecule has 1 rings (SSSR count). The zero-order valence-electron chi connectivity index (χ0n) is 48.1. The average molecular weight is 1050 g/mol. The summed E-state index contributed by atoms with van der Waals surface area (Å²) in [5.74, 6) is -0.700. The number of aliphatic hydroxyl groups is 7. The summed E-state index contributed by atoms with van der Waals surface area (Å²) >= 11 is 0.